The van der Waals surface area contributed by atoms with Gasteiger partial charge in [-0.2, -0.15) is 5.10 Å². The van der Waals surface area contributed by atoms with Gasteiger partial charge in [0, 0.05) is 5.52 Å². The van der Waals surface area contributed by atoms with E-state index in [0.29, 0.717) is 5.56 Å². The van der Waals surface area contributed by atoms with Gasteiger partial charge in [0.05, 0.1) is 11.8 Å². The molecule has 0 spiro atoms. The number of amides is 1. The number of benzene rings is 1. The van der Waals surface area contributed by atoms with Gasteiger partial charge in [0.2, 0.25) is 0 Å². The number of aromatic nitrogens is 1. The van der Waals surface area contributed by atoms with Crippen LogP contribution in [0.15, 0.2) is 40.2 Å². The van der Waals surface area contributed by atoms with Crippen LogP contribution in [-0.4, -0.2) is 22.9 Å². The van der Waals surface area contributed by atoms with Gasteiger partial charge >= 0.3 is 6.09 Å². The first-order valence-corrected chi connectivity index (χ1v) is 6.49. The van der Waals surface area contributed by atoms with Crippen molar-refractivity contribution in [1.29, 1.82) is 0 Å². The molecule has 0 unspecified atom stereocenters. The van der Waals surface area contributed by atoms with Crippen molar-refractivity contribution >= 4 is 23.2 Å². The Balaban J connectivity index is 2.13. The van der Waals surface area contributed by atoms with Gasteiger partial charge in [0.1, 0.15) is 5.60 Å². The van der Waals surface area contributed by atoms with Crippen LogP contribution in [0.2, 0.25) is 0 Å². The lowest BCUT2D eigenvalue weighted by atomic mass is 10.2. The zero-order chi connectivity index (χ0) is 15.5. The van der Waals surface area contributed by atoms with E-state index in [-0.39, 0.29) is 5.56 Å². The largest absolute Gasteiger partial charge is 0.443 e. The fourth-order valence-electron chi connectivity index (χ4n) is 1.72. The van der Waals surface area contributed by atoms with Crippen LogP contribution in [0.3, 0.4) is 0 Å². The fourth-order valence-corrected chi connectivity index (χ4v) is 1.72. The summed E-state index contributed by atoms with van der Waals surface area (Å²) in [7, 11) is 0. The lowest BCUT2D eigenvalue weighted by Crippen LogP contribution is -2.30. The summed E-state index contributed by atoms with van der Waals surface area (Å²) >= 11 is 0. The summed E-state index contributed by atoms with van der Waals surface area (Å²) in [4.78, 5) is 26.0. The van der Waals surface area contributed by atoms with Crippen LogP contribution in [0.5, 0.6) is 0 Å². The lowest BCUT2D eigenvalue weighted by molar-refractivity contribution is 0.0529. The number of rotatable bonds is 2. The van der Waals surface area contributed by atoms with Crippen molar-refractivity contribution in [2.75, 3.05) is 0 Å². The van der Waals surface area contributed by atoms with Gasteiger partial charge in [-0.15, -0.1) is 0 Å². The van der Waals surface area contributed by atoms with Gasteiger partial charge in [-0.25, -0.2) is 10.2 Å². The second-order valence-electron chi connectivity index (χ2n) is 5.51. The molecule has 0 saturated heterocycles. The van der Waals surface area contributed by atoms with Gasteiger partial charge in [-0.05, 0) is 38.3 Å². The minimum atomic E-state index is -0.670. The van der Waals surface area contributed by atoms with E-state index in [4.69, 9.17) is 4.74 Å². The Kier molecular flexibility index (Phi) is 4.07. The van der Waals surface area contributed by atoms with E-state index in [0.717, 1.165) is 10.9 Å². The predicted octanol–water partition coefficient (Wildman–Crippen LogP) is 2.39. The summed E-state index contributed by atoms with van der Waals surface area (Å²) in [6, 6.07) is 9.12. The summed E-state index contributed by atoms with van der Waals surface area (Å²) in [5, 5.41) is 4.61. The maximum absolute atomic E-state index is 11.8. The third-order valence-corrected chi connectivity index (χ3v) is 2.54. The number of para-hydroxylation sites is 1. The molecular formula is C15H17N3O3. The monoisotopic (exact) mass is 287 g/mol. The summed E-state index contributed by atoms with van der Waals surface area (Å²) in [5.74, 6) is 0. The molecule has 0 aliphatic rings. The Morgan fingerprint density at radius 2 is 2.05 bits per heavy atom. The molecule has 0 atom stereocenters. The number of carbonyl (C=O) groups is 1. The average molecular weight is 287 g/mol. The number of fused-ring (bicyclic) bond motifs is 1. The second-order valence-corrected chi connectivity index (χ2v) is 5.51. The van der Waals surface area contributed by atoms with E-state index in [9.17, 15) is 9.59 Å². The van der Waals surface area contributed by atoms with Gasteiger partial charge < -0.3 is 9.72 Å². The smallest absolute Gasteiger partial charge is 0.428 e. The Morgan fingerprint density at radius 1 is 1.33 bits per heavy atom. The second kappa shape index (κ2) is 5.78. The van der Waals surface area contributed by atoms with E-state index >= 15 is 0 Å². The van der Waals surface area contributed by atoms with E-state index in [1.165, 1.54) is 6.21 Å². The molecular weight excluding hydrogens is 270 g/mol. The molecule has 0 aliphatic heterocycles. The Bertz CT molecular complexity index is 742. The number of hydrogen-bond acceptors (Lipinski definition) is 4. The quantitative estimate of drug-likeness (QED) is 0.657. The zero-order valence-electron chi connectivity index (χ0n) is 12.1. The number of ether oxygens (including phenoxy) is 1. The molecule has 0 saturated carbocycles. The van der Waals surface area contributed by atoms with E-state index in [1.807, 2.05) is 24.3 Å². The molecule has 6 heteroatoms. The Labute approximate surface area is 121 Å². The highest BCUT2D eigenvalue weighted by Gasteiger charge is 2.15. The molecule has 0 fully saturated rings. The molecule has 1 heterocycles. The molecule has 6 nitrogen and oxygen atoms in total. The molecule has 21 heavy (non-hydrogen) atoms. The number of H-pyrrole nitrogens is 1. The van der Waals surface area contributed by atoms with Crippen LogP contribution >= 0.6 is 0 Å². The highest BCUT2D eigenvalue weighted by atomic mass is 16.6. The number of nitrogens with zero attached hydrogens (tertiary/aromatic N) is 1. The van der Waals surface area contributed by atoms with Crippen molar-refractivity contribution in [3.05, 3.63) is 46.2 Å². The lowest BCUT2D eigenvalue weighted by Gasteiger charge is -2.18. The van der Waals surface area contributed by atoms with Crippen LogP contribution < -0.4 is 11.0 Å². The van der Waals surface area contributed by atoms with Crippen molar-refractivity contribution in [3.8, 4) is 0 Å². The van der Waals surface area contributed by atoms with Crippen molar-refractivity contribution < 1.29 is 9.53 Å². The number of hydrogen-bond donors (Lipinski definition) is 2. The summed E-state index contributed by atoms with van der Waals surface area (Å²) in [6.07, 6.45) is 0.616. The maximum Gasteiger partial charge on any atom is 0.428 e. The molecule has 2 aromatic rings. The van der Waals surface area contributed by atoms with Crippen molar-refractivity contribution in [2.45, 2.75) is 26.4 Å². The van der Waals surface area contributed by atoms with Crippen LogP contribution in [0.4, 0.5) is 4.79 Å². The van der Waals surface area contributed by atoms with Crippen molar-refractivity contribution in [1.82, 2.24) is 10.4 Å². The third kappa shape index (κ3) is 4.17. The first-order valence-electron chi connectivity index (χ1n) is 6.49. The molecule has 2 rings (SSSR count). The molecule has 1 amide bonds. The SMILES string of the molecule is CC(C)(C)OC(=O)NN=Cc1cc2ccccc2[nH]c1=O. The number of pyridine rings is 1. The first kappa shape index (κ1) is 14.8. The topological polar surface area (TPSA) is 83.5 Å². The van der Waals surface area contributed by atoms with Crippen LogP contribution in [0.1, 0.15) is 26.3 Å². The molecule has 0 radical (unpaired) electrons. The highest BCUT2D eigenvalue weighted by Crippen LogP contribution is 2.09. The normalized spacial score (nSPS) is 11.8. The number of aromatic amines is 1. The van der Waals surface area contributed by atoms with Gasteiger partial charge in [0.25, 0.3) is 5.56 Å². The minimum absolute atomic E-state index is 0.275. The van der Waals surface area contributed by atoms with Gasteiger partial charge in [-0.3, -0.25) is 4.79 Å². The summed E-state index contributed by atoms with van der Waals surface area (Å²) in [5.41, 5.74) is 2.45. The van der Waals surface area contributed by atoms with E-state index in [1.54, 1.807) is 26.8 Å². The Morgan fingerprint density at radius 3 is 2.76 bits per heavy atom. The maximum atomic E-state index is 11.8. The van der Waals surface area contributed by atoms with E-state index < -0.39 is 11.7 Å². The number of carbonyl (C=O) groups excluding carboxylic acids is 1. The molecule has 0 aliphatic carbocycles. The zero-order valence-corrected chi connectivity index (χ0v) is 12.1. The van der Waals surface area contributed by atoms with Crippen molar-refractivity contribution in [3.63, 3.8) is 0 Å². The van der Waals surface area contributed by atoms with Crippen LogP contribution in [0.25, 0.3) is 10.9 Å². The number of hydrazone groups is 1. The molecule has 0 bridgehead atoms. The first-order chi connectivity index (χ1) is 9.85. The summed E-state index contributed by atoms with van der Waals surface area (Å²) in [6.45, 7) is 5.26. The molecule has 1 aromatic heterocycles. The van der Waals surface area contributed by atoms with Crippen LogP contribution in [-0.2, 0) is 4.74 Å². The van der Waals surface area contributed by atoms with Crippen molar-refractivity contribution in [2.24, 2.45) is 5.10 Å². The molecule has 110 valence electrons. The van der Waals surface area contributed by atoms with E-state index in [2.05, 4.69) is 15.5 Å². The highest BCUT2D eigenvalue weighted by molar-refractivity contribution is 5.87. The molecule has 2 N–H and O–H groups in total. The number of nitrogens with one attached hydrogen (secondary N) is 2. The summed E-state index contributed by atoms with van der Waals surface area (Å²) < 4.78 is 5.03. The van der Waals surface area contributed by atoms with Gasteiger partial charge in [0.15, 0.2) is 0 Å². The van der Waals surface area contributed by atoms with Crippen LogP contribution in [0, 0.1) is 0 Å². The predicted molar refractivity (Wildman–Crippen MR) is 81.5 cm³/mol. The standard InChI is InChI=1S/C15H17N3O3/c1-15(2,3)21-14(20)18-16-9-11-8-10-6-4-5-7-12(10)17-13(11)19/h4-9H,1-3H3,(H,17,19)(H,18,20). The fraction of sp³-hybridized carbons (Fsp3) is 0.267. The Hall–Kier alpha value is -2.63. The average Bonchev–Trinajstić information content (AvgIpc) is 2.37. The van der Waals surface area contributed by atoms with Gasteiger partial charge in [-0.1, -0.05) is 18.2 Å². The third-order valence-electron chi connectivity index (χ3n) is 2.54. The minimum Gasteiger partial charge on any atom is -0.443 e. The molecule has 1 aromatic carbocycles.